The zero-order valence-electron chi connectivity index (χ0n) is 20.0. The third-order valence-electron chi connectivity index (χ3n) is 5.75. The first-order valence-corrected chi connectivity index (χ1v) is 11.7. The van der Waals surface area contributed by atoms with Gasteiger partial charge in [-0.1, -0.05) is 12.1 Å². The van der Waals surface area contributed by atoms with Gasteiger partial charge in [-0.05, 0) is 42.7 Å². The molecule has 10 nitrogen and oxygen atoms in total. The van der Waals surface area contributed by atoms with Crippen molar-refractivity contribution in [3.05, 3.63) is 70.7 Å². The fourth-order valence-electron chi connectivity index (χ4n) is 4.06. The highest BCUT2D eigenvalue weighted by Gasteiger charge is 2.35. The van der Waals surface area contributed by atoms with E-state index in [1.807, 2.05) is 6.07 Å². The Morgan fingerprint density at radius 1 is 1.32 bits per heavy atom. The predicted octanol–water partition coefficient (Wildman–Crippen LogP) is 2.09. The maximum Gasteiger partial charge on any atom is 0.422 e. The Morgan fingerprint density at radius 3 is 2.82 bits per heavy atom. The molecule has 0 saturated heterocycles. The summed E-state index contributed by atoms with van der Waals surface area (Å²) in [5.74, 6) is -0.801. The maximum atomic E-state index is 13.1. The lowest BCUT2D eigenvalue weighted by atomic mass is 9.95. The van der Waals surface area contributed by atoms with Gasteiger partial charge in [0.25, 0.3) is 11.8 Å². The van der Waals surface area contributed by atoms with Crippen molar-refractivity contribution < 1.29 is 32.6 Å². The fraction of sp³-hybridized carbons (Fsp3) is 0.320. The van der Waals surface area contributed by atoms with E-state index in [-0.39, 0.29) is 42.0 Å². The number of hydrogen-bond acceptors (Lipinski definition) is 7. The Kier molecular flexibility index (Phi) is 7.92. The van der Waals surface area contributed by atoms with Crippen molar-refractivity contribution in [3.8, 4) is 17.6 Å². The normalized spacial score (nSPS) is 14.8. The number of benzene rings is 1. The smallest absolute Gasteiger partial charge is 0.422 e. The molecule has 0 fully saturated rings. The number of pyridine rings is 1. The lowest BCUT2D eigenvalue weighted by Gasteiger charge is -2.23. The fourth-order valence-corrected chi connectivity index (χ4v) is 4.06. The number of aryl methyl sites for hydroxylation is 1. The lowest BCUT2D eigenvalue weighted by molar-refractivity contribution is -0.153. The topological polar surface area (TPSA) is 142 Å². The molecule has 4 rings (SSSR count). The van der Waals surface area contributed by atoms with Crippen LogP contribution < -0.4 is 15.4 Å². The summed E-state index contributed by atoms with van der Waals surface area (Å²) in [4.78, 5) is 30.2. The van der Waals surface area contributed by atoms with Crippen LogP contribution in [0.4, 0.5) is 13.2 Å². The molecule has 0 saturated carbocycles. The number of aliphatic hydroxyl groups excluding tert-OH is 1. The van der Waals surface area contributed by atoms with E-state index < -0.39 is 24.6 Å². The van der Waals surface area contributed by atoms with Crippen molar-refractivity contribution in [2.75, 3.05) is 19.8 Å². The molecule has 1 aliphatic heterocycles. The molecule has 13 heteroatoms. The lowest BCUT2D eigenvalue weighted by Crippen LogP contribution is -2.42. The summed E-state index contributed by atoms with van der Waals surface area (Å²) >= 11 is 0. The van der Waals surface area contributed by atoms with Gasteiger partial charge in [-0.25, -0.2) is 9.67 Å². The van der Waals surface area contributed by atoms with Crippen molar-refractivity contribution in [1.29, 1.82) is 5.26 Å². The highest BCUT2D eigenvalue weighted by molar-refractivity contribution is 6.08. The molecule has 2 amide bonds. The Bertz CT molecular complexity index is 1360. The Morgan fingerprint density at radius 2 is 2.13 bits per heavy atom. The second-order valence-corrected chi connectivity index (χ2v) is 8.54. The molecule has 0 bridgehead atoms. The summed E-state index contributed by atoms with van der Waals surface area (Å²) in [6.07, 6.45) is -1.91. The van der Waals surface area contributed by atoms with Crippen LogP contribution in [0.3, 0.4) is 0 Å². The highest BCUT2D eigenvalue weighted by atomic mass is 19.4. The molecular formula is C25H23F3N6O4. The molecule has 1 aliphatic rings. The van der Waals surface area contributed by atoms with Gasteiger partial charge in [-0.15, -0.1) is 0 Å². The van der Waals surface area contributed by atoms with Crippen molar-refractivity contribution in [2.24, 2.45) is 0 Å². The molecule has 0 spiro atoms. The predicted molar refractivity (Wildman–Crippen MR) is 127 cm³/mol. The first kappa shape index (κ1) is 26.6. The van der Waals surface area contributed by atoms with Crippen LogP contribution in [0.5, 0.6) is 5.75 Å². The van der Waals surface area contributed by atoms with Crippen LogP contribution in [-0.2, 0) is 12.8 Å². The van der Waals surface area contributed by atoms with Gasteiger partial charge in [0, 0.05) is 25.2 Å². The van der Waals surface area contributed by atoms with E-state index in [9.17, 15) is 22.8 Å². The number of aliphatic hydroxyl groups is 1. The summed E-state index contributed by atoms with van der Waals surface area (Å²) < 4.78 is 43.4. The summed E-state index contributed by atoms with van der Waals surface area (Å²) in [6, 6.07) is 10.9. The molecule has 198 valence electrons. The molecule has 0 radical (unpaired) electrons. The molecule has 3 N–H and O–H groups in total. The summed E-state index contributed by atoms with van der Waals surface area (Å²) in [7, 11) is 0. The van der Waals surface area contributed by atoms with Crippen LogP contribution in [0.2, 0.25) is 0 Å². The first-order chi connectivity index (χ1) is 18.2. The van der Waals surface area contributed by atoms with Crippen LogP contribution in [0.1, 0.15) is 44.1 Å². The number of nitrogens with zero attached hydrogens (tertiary/aromatic N) is 4. The number of carbonyl (C=O) groups excluding carboxylic acids is 2. The molecule has 3 heterocycles. The maximum absolute atomic E-state index is 13.1. The van der Waals surface area contributed by atoms with Crippen molar-refractivity contribution in [3.63, 3.8) is 0 Å². The first-order valence-electron chi connectivity index (χ1n) is 11.7. The minimum atomic E-state index is -4.44. The van der Waals surface area contributed by atoms with E-state index in [1.54, 1.807) is 12.1 Å². The van der Waals surface area contributed by atoms with E-state index in [4.69, 9.17) is 15.1 Å². The van der Waals surface area contributed by atoms with Crippen molar-refractivity contribution in [2.45, 2.75) is 31.5 Å². The average Bonchev–Trinajstić information content (AvgIpc) is 3.29. The van der Waals surface area contributed by atoms with Gasteiger partial charge in [0.15, 0.2) is 12.4 Å². The highest BCUT2D eigenvalue weighted by Crippen LogP contribution is 2.25. The molecule has 1 aromatic carbocycles. The number of nitrogens with one attached hydrogen (secondary N) is 2. The Hall–Kier alpha value is -4.44. The van der Waals surface area contributed by atoms with Crippen molar-refractivity contribution in [1.82, 2.24) is 25.4 Å². The molecule has 0 aliphatic carbocycles. The molecule has 3 aromatic rings. The van der Waals surface area contributed by atoms with E-state index in [0.717, 1.165) is 5.56 Å². The van der Waals surface area contributed by atoms with Gasteiger partial charge >= 0.3 is 6.18 Å². The standard InChI is InChI=1S/C25H23F3N6O4/c26-25(27,28)14-38-18-3-1-2-15(10-18)4-6-17-11-19-21(23(36)32-17)22(24(37)30-8-9-35)34(33-19)20-7-5-16(12-29)13-31-20/h1-3,5,7,10,13,17,35H,4,6,8-9,11,14H2,(H,30,37)(H,32,36). The Balaban J connectivity index is 1.54. The number of alkyl halides is 3. The SMILES string of the molecule is N#Cc1ccc(-n2nc3c(c2C(=O)NCCO)C(=O)NC(CCc2cccc(OCC(F)(F)F)c2)C3)nc1. The summed E-state index contributed by atoms with van der Waals surface area (Å²) in [6.45, 7) is -1.72. The number of rotatable bonds is 9. The monoisotopic (exact) mass is 528 g/mol. The zero-order valence-corrected chi connectivity index (χ0v) is 20.0. The second-order valence-electron chi connectivity index (χ2n) is 8.54. The largest absolute Gasteiger partial charge is 0.484 e. The number of halogens is 3. The molecule has 1 unspecified atom stereocenters. The van der Waals surface area contributed by atoms with Gasteiger partial charge < -0.3 is 20.5 Å². The van der Waals surface area contributed by atoms with Crippen molar-refractivity contribution >= 4 is 11.8 Å². The van der Waals surface area contributed by atoms with Gasteiger partial charge in [0.05, 0.1) is 23.4 Å². The number of aromatic nitrogens is 3. The zero-order chi connectivity index (χ0) is 27.3. The van der Waals surface area contributed by atoms with Gasteiger partial charge in [0.1, 0.15) is 17.5 Å². The minimum Gasteiger partial charge on any atom is -0.484 e. The van der Waals surface area contributed by atoms with Crippen LogP contribution in [-0.4, -0.2) is 63.7 Å². The van der Waals surface area contributed by atoms with Crippen LogP contribution in [0.25, 0.3) is 5.82 Å². The molecule has 1 atom stereocenters. The summed E-state index contributed by atoms with van der Waals surface area (Å²) in [5.41, 5.74) is 1.46. The molecule has 2 aromatic heterocycles. The number of amides is 2. The van der Waals surface area contributed by atoms with E-state index in [2.05, 4.69) is 20.7 Å². The van der Waals surface area contributed by atoms with Gasteiger partial charge in [-0.3, -0.25) is 9.59 Å². The number of ether oxygens (including phenoxy) is 1. The minimum absolute atomic E-state index is 0.0322. The third-order valence-corrected chi connectivity index (χ3v) is 5.75. The van der Waals surface area contributed by atoms with E-state index in [0.29, 0.717) is 30.5 Å². The number of carbonyl (C=O) groups is 2. The van der Waals surface area contributed by atoms with Crippen LogP contribution >= 0.6 is 0 Å². The average molecular weight is 528 g/mol. The third kappa shape index (κ3) is 6.27. The second kappa shape index (κ2) is 11.3. The van der Waals surface area contributed by atoms with E-state index in [1.165, 1.54) is 35.1 Å². The van der Waals surface area contributed by atoms with E-state index >= 15 is 0 Å². The molecule has 38 heavy (non-hydrogen) atoms. The summed E-state index contributed by atoms with van der Waals surface area (Å²) in [5, 5.41) is 28.0. The number of nitriles is 1. The quantitative estimate of drug-likeness (QED) is 0.386. The molecular weight excluding hydrogens is 505 g/mol. The van der Waals surface area contributed by atoms with Crippen LogP contribution in [0.15, 0.2) is 42.6 Å². The van der Waals surface area contributed by atoms with Crippen LogP contribution in [0, 0.1) is 11.3 Å². The number of hydrogen-bond donors (Lipinski definition) is 3. The Labute approximate surface area is 215 Å². The number of fused-ring (bicyclic) bond motifs is 1. The van der Waals surface area contributed by atoms with Gasteiger partial charge in [-0.2, -0.15) is 23.5 Å². The van der Waals surface area contributed by atoms with Gasteiger partial charge in [0.2, 0.25) is 0 Å².